The Kier molecular flexibility index (Phi) is 3.44. The molecule has 8 heavy (non-hydrogen) atoms. The third kappa shape index (κ3) is 2.07. The summed E-state index contributed by atoms with van der Waals surface area (Å²) in [6.07, 6.45) is 0.819. The van der Waals surface area contributed by atoms with E-state index in [4.69, 9.17) is 5.11 Å². The van der Waals surface area contributed by atoms with Crippen LogP contribution in [0, 0.1) is 5.92 Å². The molecule has 0 aliphatic rings. The molecule has 0 radical (unpaired) electrons. The van der Waals surface area contributed by atoms with Crippen molar-refractivity contribution >= 4 is 5.78 Å². The van der Waals surface area contributed by atoms with Gasteiger partial charge in [0.15, 0.2) is 5.78 Å². The highest BCUT2D eigenvalue weighted by Crippen LogP contribution is 1.99. The minimum absolute atomic E-state index is 0.0278. The van der Waals surface area contributed by atoms with Crippen LogP contribution < -0.4 is 0 Å². The van der Waals surface area contributed by atoms with E-state index < -0.39 is 0 Å². The molecule has 0 fully saturated rings. The highest BCUT2D eigenvalue weighted by Gasteiger charge is 2.06. The molecule has 0 aromatic carbocycles. The molecule has 2 nitrogen and oxygen atoms in total. The molecular formula is C6H12O2. The van der Waals surface area contributed by atoms with Crippen LogP contribution in [0.15, 0.2) is 0 Å². The lowest BCUT2D eigenvalue weighted by Gasteiger charge is -2.01. The number of hydrogen-bond donors (Lipinski definition) is 1. The number of hydrogen-bond acceptors (Lipinski definition) is 2. The van der Waals surface area contributed by atoms with Crippen molar-refractivity contribution in [1.82, 2.24) is 0 Å². The second kappa shape index (κ2) is 3.61. The van der Waals surface area contributed by atoms with Crippen molar-refractivity contribution in [2.75, 3.05) is 6.61 Å². The highest BCUT2D eigenvalue weighted by atomic mass is 16.3. The fourth-order valence-electron chi connectivity index (χ4n) is 0.384. The van der Waals surface area contributed by atoms with E-state index in [2.05, 4.69) is 0 Å². The molecule has 1 atom stereocenters. The number of carbonyl (C=O) groups excluding carboxylic acids is 1. The van der Waals surface area contributed by atoms with Crippen molar-refractivity contribution in [2.45, 2.75) is 20.3 Å². The Balaban J connectivity index is 3.46. The first-order valence-corrected chi connectivity index (χ1v) is 2.86. The fourth-order valence-corrected chi connectivity index (χ4v) is 0.384. The zero-order valence-electron chi connectivity index (χ0n) is 5.35. The topological polar surface area (TPSA) is 37.3 Å². The van der Waals surface area contributed by atoms with Gasteiger partial charge in [-0.2, -0.15) is 0 Å². The van der Waals surface area contributed by atoms with Gasteiger partial charge in [-0.3, -0.25) is 4.79 Å². The quantitative estimate of drug-likeness (QED) is 0.586. The van der Waals surface area contributed by atoms with Crippen molar-refractivity contribution in [1.29, 1.82) is 0 Å². The van der Waals surface area contributed by atoms with Crippen LogP contribution in [0.25, 0.3) is 0 Å². The van der Waals surface area contributed by atoms with E-state index in [-0.39, 0.29) is 18.3 Å². The number of rotatable bonds is 3. The summed E-state index contributed by atoms with van der Waals surface area (Å²) in [4.78, 5) is 10.5. The minimum Gasteiger partial charge on any atom is -0.389 e. The maximum atomic E-state index is 10.5. The Morgan fingerprint density at radius 1 is 1.75 bits per heavy atom. The van der Waals surface area contributed by atoms with Crippen LogP contribution in [0.2, 0.25) is 0 Å². The summed E-state index contributed by atoms with van der Waals surface area (Å²) < 4.78 is 0. The van der Waals surface area contributed by atoms with Crippen molar-refractivity contribution in [3.05, 3.63) is 0 Å². The Hall–Kier alpha value is -0.370. The molecule has 0 aromatic heterocycles. The predicted molar refractivity (Wildman–Crippen MR) is 31.5 cm³/mol. The van der Waals surface area contributed by atoms with Crippen molar-refractivity contribution in [3.8, 4) is 0 Å². The maximum absolute atomic E-state index is 10.5. The molecule has 0 rings (SSSR count). The summed E-state index contributed by atoms with van der Waals surface area (Å²) in [6.45, 7) is 3.44. The Labute approximate surface area is 49.5 Å². The van der Waals surface area contributed by atoms with Gasteiger partial charge in [0, 0.05) is 5.92 Å². The van der Waals surface area contributed by atoms with Gasteiger partial charge in [-0.1, -0.05) is 13.8 Å². The van der Waals surface area contributed by atoms with Crippen LogP contribution in [0.5, 0.6) is 0 Å². The summed E-state index contributed by atoms with van der Waals surface area (Å²) >= 11 is 0. The average Bonchev–Trinajstić information content (AvgIpc) is 1.84. The normalized spacial score (nSPS) is 13.4. The molecule has 0 amide bonds. The van der Waals surface area contributed by atoms with E-state index in [1.807, 2.05) is 13.8 Å². The number of aliphatic hydroxyl groups excluding tert-OH is 1. The van der Waals surface area contributed by atoms with E-state index in [1.54, 1.807) is 0 Å². The standard InChI is InChI=1S/C6H12O2/c1-3-5(2)6(8)4-7/h5,7H,3-4H2,1-2H3/t5-/m0/s1. The minimum atomic E-state index is -0.311. The SMILES string of the molecule is CC[C@H](C)C(=O)CO. The second-order valence-corrected chi connectivity index (χ2v) is 1.93. The molecule has 48 valence electrons. The Morgan fingerprint density at radius 3 is 2.38 bits per heavy atom. The van der Waals surface area contributed by atoms with Gasteiger partial charge in [-0.15, -0.1) is 0 Å². The molecule has 0 bridgehead atoms. The first-order chi connectivity index (χ1) is 3.72. The van der Waals surface area contributed by atoms with Gasteiger partial charge in [-0.05, 0) is 6.42 Å². The van der Waals surface area contributed by atoms with Gasteiger partial charge in [-0.25, -0.2) is 0 Å². The Bertz CT molecular complexity index is 78.6. The summed E-state index contributed by atoms with van der Waals surface area (Å²) in [5, 5.41) is 8.29. The van der Waals surface area contributed by atoms with Crippen LogP contribution in [0.4, 0.5) is 0 Å². The zero-order chi connectivity index (χ0) is 6.57. The van der Waals surface area contributed by atoms with Crippen molar-refractivity contribution < 1.29 is 9.90 Å². The lowest BCUT2D eigenvalue weighted by Crippen LogP contribution is -2.13. The van der Waals surface area contributed by atoms with Crippen LogP contribution in [0.1, 0.15) is 20.3 Å². The first-order valence-electron chi connectivity index (χ1n) is 2.86. The molecule has 0 saturated carbocycles. The number of ketones is 1. The molecule has 2 heteroatoms. The van der Waals surface area contributed by atoms with E-state index in [0.717, 1.165) is 6.42 Å². The predicted octanol–water partition coefficient (Wildman–Crippen LogP) is 0.594. The van der Waals surface area contributed by atoms with Crippen molar-refractivity contribution in [2.24, 2.45) is 5.92 Å². The smallest absolute Gasteiger partial charge is 0.160 e. The number of aliphatic hydroxyl groups is 1. The van der Waals surface area contributed by atoms with Gasteiger partial charge in [0.25, 0.3) is 0 Å². The van der Waals surface area contributed by atoms with Gasteiger partial charge < -0.3 is 5.11 Å². The molecule has 0 aliphatic carbocycles. The summed E-state index contributed by atoms with van der Waals surface area (Å²) in [5.74, 6) is -0.0347. The average molecular weight is 116 g/mol. The number of carbonyl (C=O) groups is 1. The Morgan fingerprint density at radius 2 is 2.25 bits per heavy atom. The van der Waals surface area contributed by atoms with Crippen LogP contribution in [-0.4, -0.2) is 17.5 Å². The summed E-state index contributed by atoms with van der Waals surface area (Å²) in [6, 6.07) is 0. The molecule has 1 N–H and O–H groups in total. The zero-order valence-corrected chi connectivity index (χ0v) is 5.35. The van der Waals surface area contributed by atoms with Crippen LogP contribution in [0.3, 0.4) is 0 Å². The largest absolute Gasteiger partial charge is 0.389 e. The third-order valence-corrected chi connectivity index (χ3v) is 1.32. The fraction of sp³-hybridized carbons (Fsp3) is 0.833. The molecule has 0 heterocycles. The monoisotopic (exact) mass is 116 g/mol. The molecule has 0 spiro atoms. The van der Waals surface area contributed by atoms with E-state index in [1.165, 1.54) is 0 Å². The van der Waals surface area contributed by atoms with Gasteiger partial charge in [0.1, 0.15) is 6.61 Å². The van der Waals surface area contributed by atoms with Gasteiger partial charge >= 0.3 is 0 Å². The molecule has 0 aromatic rings. The molecule has 0 saturated heterocycles. The third-order valence-electron chi connectivity index (χ3n) is 1.32. The molecule has 0 aliphatic heterocycles. The van der Waals surface area contributed by atoms with Crippen molar-refractivity contribution in [3.63, 3.8) is 0 Å². The van der Waals surface area contributed by atoms with E-state index >= 15 is 0 Å². The van der Waals surface area contributed by atoms with E-state index in [9.17, 15) is 4.79 Å². The molecule has 0 unspecified atom stereocenters. The van der Waals surface area contributed by atoms with Crippen LogP contribution >= 0.6 is 0 Å². The van der Waals surface area contributed by atoms with Gasteiger partial charge in [0.2, 0.25) is 0 Å². The van der Waals surface area contributed by atoms with E-state index in [0.29, 0.717) is 0 Å². The molecular weight excluding hydrogens is 104 g/mol. The highest BCUT2D eigenvalue weighted by molar-refractivity contribution is 5.81. The lowest BCUT2D eigenvalue weighted by atomic mass is 10.1. The summed E-state index contributed by atoms with van der Waals surface area (Å²) in [5.41, 5.74) is 0. The van der Waals surface area contributed by atoms with Gasteiger partial charge in [0.05, 0.1) is 0 Å². The van der Waals surface area contributed by atoms with Crippen LogP contribution in [-0.2, 0) is 4.79 Å². The summed E-state index contributed by atoms with van der Waals surface area (Å²) in [7, 11) is 0. The first kappa shape index (κ1) is 7.63. The lowest BCUT2D eigenvalue weighted by molar-refractivity contribution is -0.125. The second-order valence-electron chi connectivity index (χ2n) is 1.93. The number of Topliss-reactive ketones (excluding diaryl/α,β-unsaturated/α-hetero) is 1. The maximum Gasteiger partial charge on any atom is 0.160 e.